The summed E-state index contributed by atoms with van der Waals surface area (Å²) in [6, 6.07) is 0. The molecule has 99 heavy (non-hydrogen) atoms. The second-order valence-electron chi connectivity index (χ2n) is 29.8. The molecule has 2 unspecified atom stereocenters. The Morgan fingerprint density at radius 2 is 0.465 bits per heavy atom. The topological polar surface area (TPSA) is 237 Å². The zero-order chi connectivity index (χ0) is 72.8. The molecule has 0 saturated carbocycles. The van der Waals surface area contributed by atoms with Crippen LogP contribution in [0.1, 0.15) is 420 Å². The van der Waals surface area contributed by atoms with Crippen molar-refractivity contribution in [1.82, 2.24) is 0 Å². The van der Waals surface area contributed by atoms with Crippen LogP contribution in [-0.4, -0.2) is 96.7 Å². The highest BCUT2D eigenvalue weighted by Gasteiger charge is 2.30. The van der Waals surface area contributed by atoms with Crippen molar-refractivity contribution in [3.8, 4) is 0 Å². The Kier molecular flexibility index (Phi) is 70.3. The molecule has 19 heteroatoms. The fourth-order valence-electron chi connectivity index (χ4n) is 12.4. The van der Waals surface area contributed by atoms with E-state index in [-0.39, 0.29) is 25.7 Å². The first-order valence-corrected chi connectivity index (χ1v) is 44.5. The van der Waals surface area contributed by atoms with Gasteiger partial charge in [0.1, 0.15) is 19.3 Å². The lowest BCUT2D eigenvalue weighted by Gasteiger charge is -2.21. The van der Waals surface area contributed by atoms with Crippen molar-refractivity contribution in [2.45, 2.75) is 439 Å². The molecular weight excluding hydrogens is 1290 g/mol. The van der Waals surface area contributed by atoms with Gasteiger partial charge in [-0.2, -0.15) is 0 Å². The van der Waals surface area contributed by atoms with Crippen LogP contribution in [0.5, 0.6) is 0 Å². The summed E-state index contributed by atoms with van der Waals surface area (Å²) in [5.41, 5.74) is 0. The van der Waals surface area contributed by atoms with E-state index < -0.39 is 97.5 Å². The standard InChI is InChI=1S/C80H156O17P2/c1-7-9-11-13-15-17-18-19-20-21-22-23-24-27-34-40-46-52-58-64-79(84)97-76(69-91-78(83)63-57-51-45-39-33-28-25-26-31-37-42-48-54-60-72(3)4)71-95-99(88,89)93-67-74(81)66-92-98(86,87)94-70-75(68-90-77(82)62-56-50-44-36-16-14-12-10-8-2)96-80(85)65-59-53-47-41-35-30-29-32-38-43-49-55-61-73(5)6/h72-76,81H,7-71H2,1-6H3,(H,86,87)(H,88,89)/t74-,75+,76+/m0/s1. The number of hydrogen-bond acceptors (Lipinski definition) is 15. The van der Waals surface area contributed by atoms with Crippen LogP contribution in [0.2, 0.25) is 0 Å². The van der Waals surface area contributed by atoms with Crippen molar-refractivity contribution in [3.63, 3.8) is 0 Å². The number of carbonyl (C=O) groups is 4. The third kappa shape index (κ3) is 74.1. The van der Waals surface area contributed by atoms with Crippen molar-refractivity contribution >= 4 is 39.5 Å². The number of rotatable bonds is 79. The summed E-state index contributed by atoms with van der Waals surface area (Å²) in [6.45, 7) is 9.64. The average Bonchev–Trinajstić information content (AvgIpc) is 1.52. The first kappa shape index (κ1) is 97.1. The van der Waals surface area contributed by atoms with Crippen molar-refractivity contribution < 1.29 is 80.2 Å². The van der Waals surface area contributed by atoms with E-state index in [1.54, 1.807) is 0 Å². The second-order valence-corrected chi connectivity index (χ2v) is 32.7. The molecule has 0 bridgehead atoms. The number of unbranched alkanes of at least 4 members (excludes halogenated alkanes) is 49. The van der Waals surface area contributed by atoms with E-state index in [4.69, 9.17) is 37.0 Å². The largest absolute Gasteiger partial charge is 0.472 e. The van der Waals surface area contributed by atoms with Gasteiger partial charge in [-0.1, -0.05) is 369 Å². The zero-order valence-electron chi connectivity index (χ0n) is 64.8. The van der Waals surface area contributed by atoms with E-state index >= 15 is 0 Å². The molecule has 0 aromatic heterocycles. The van der Waals surface area contributed by atoms with Gasteiger partial charge in [0.15, 0.2) is 12.2 Å². The molecule has 588 valence electrons. The quantitative estimate of drug-likeness (QED) is 0.0222. The van der Waals surface area contributed by atoms with Crippen LogP contribution in [0, 0.1) is 11.8 Å². The molecule has 0 aliphatic heterocycles. The summed E-state index contributed by atoms with van der Waals surface area (Å²) in [4.78, 5) is 72.9. The first-order chi connectivity index (χ1) is 47.9. The van der Waals surface area contributed by atoms with E-state index in [1.807, 2.05) is 0 Å². The predicted molar refractivity (Wildman–Crippen MR) is 405 cm³/mol. The predicted octanol–water partition coefficient (Wildman–Crippen LogP) is 23.9. The number of phosphoric acid groups is 2. The molecule has 0 spiro atoms. The van der Waals surface area contributed by atoms with Gasteiger partial charge in [0.2, 0.25) is 0 Å². The Hall–Kier alpha value is -1.94. The summed E-state index contributed by atoms with van der Waals surface area (Å²) in [5.74, 6) is -0.542. The lowest BCUT2D eigenvalue weighted by molar-refractivity contribution is -0.161. The number of phosphoric ester groups is 2. The monoisotopic (exact) mass is 1450 g/mol. The molecule has 5 atom stereocenters. The molecule has 0 rings (SSSR count). The summed E-state index contributed by atoms with van der Waals surface area (Å²) < 4.78 is 68.7. The molecule has 0 radical (unpaired) electrons. The fraction of sp³-hybridized carbons (Fsp3) is 0.950. The van der Waals surface area contributed by atoms with Crippen LogP contribution in [-0.2, 0) is 65.4 Å². The van der Waals surface area contributed by atoms with Gasteiger partial charge in [-0.3, -0.25) is 37.3 Å². The van der Waals surface area contributed by atoms with E-state index in [2.05, 4.69) is 41.5 Å². The molecule has 0 aliphatic carbocycles. The van der Waals surface area contributed by atoms with Gasteiger partial charge in [-0.25, -0.2) is 9.13 Å². The number of aliphatic hydroxyl groups excluding tert-OH is 1. The van der Waals surface area contributed by atoms with Crippen LogP contribution in [0.4, 0.5) is 0 Å². The molecule has 0 fully saturated rings. The average molecular weight is 1450 g/mol. The van der Waals surface area contributed by atoms with Gasteiger partial charge in [0, 0.05) is 25.7 Å². The van der Waals surface area contributed by atoms with E-state index in [0.717, 1.165) is 102 Å². The van der Waals surface area contributed by atoms with Crippen LogP contribution in [0.15, 0.2) is 0 Å². The minimum atomic E-state index is -4.96. The molecular formula is C80H156O17P2. The van der Waals surface area contributed by atoms with Crippen LogP contribution in [0.3, 0.4) is 0 Å². The summed E-state index contributed by atoms with van der Waals surface area (Å²) in [5, 5.41) is 10.6. The smallest absolute Gasteiger partial charge is 0.462 e. The van der Waals surface area contributed by atoms with Gasteiger partial charge >= 0.3 is 39.5 Å². The van der Waals surface area contributed by atoms with Gasteiger partial charge in [0.05, 0.1) is 26.4 Å². The molecule has 0 aliphatic rings. The van der Waals surface area contributed by atoms with Gasteiger partial charge in [-0.15, -0.1) is 0 Å². The third-order valence-electron chi connectivity index (χ3n) is 18.7. The fourth-order valence-corrected chi connectivity index (χ4v) is 13.9. The molecule has 0 aromatic rings. The van der Waals surface area contributed by atoms with Crippen molar-refractivity contribution in [3.05, 3.63) is 0 Å². The third-order valence-corrected chi connectivity index (χ3v) is 20.6. The van der Waals surface area contributed by atoms with Crippen molar-refractivity contribution in [2.24, 2.45) is 11.8 Å². The first-order valence-electron chi connectivity index (χ1n) is 41.5. The Bertz CT molecular complexity index is 1910. The maximum absolute atomic E-state index is 13.1. The van der Waals surface area contributed by atoms with E-state index in [9.17, 15) is 43.2 Å². The summed E-state index contributed by atoms with van der Waals surface area (Å²) >= 11 is 0. The van der Waals surface area contributed by atoms with Crippen molar-refractivity contribution in [1.29, 1.82) is 0 Å². The summed E-state index contributed by atoms with van der Waals surface area (Å²) in [7, 11) is -9.92. The van der Waals surface area contributed by atoms with Gasteiger partial charge in [-0.05, 0) is 37.5 Å². The molecule has 0 aromatic carbocycles. The van der Waals surface area contributed by atoms with Crippen LogP contribution < -0.4 is 0 Å². The van der Waals surface area contributed by atoms with Crippen LogP contribution in [0.25, 0.3) is 0 Å². The number of carbonyl (C=O) groups excluding carboxylic acids is 4. The Balaban J connectivity index is 5.22. The minimum absolute atomic E-state index is 0.107. The number of hydrogen-bond donors (Lipinski definition) is 3. The molecule has 0 saturated heterocycles. The maximum atomic E-state index is 13.1. The SMILES string of the molecule is CCCCCCCCCCCCCCCCCCCCCC(=O)O[C@H](COC(=O)CCCCCCCCCCCCCCCC(C)C)COP(=O)(O)OC[C@@H](O)COP(=O)(O)OC[C@@H](COC(=O)CCCCCCCCCCC)OC(=O)CCCCCCCCCCCCCCC(C)C. The van der Waals surface area contributed by atoms with Crippen LogP contribution >= 0.6 is 15.6 Å². The van der Waals surface area contributed by atoms with Gasteiger partial charge < -0.3 is 33.8 Å². The Morgan fingerprint density at radius 3 is 0.687 bits per heavy atom. The highest BCUT2D eigenvalue weighted by molar-refractivity contribution is 7.47. The lowest BCUT2D eigenvalue weighted by Crippen LogP contribution is -2.30. The Morgan fingerprint density at radius 1 is 0.273 bits per heavy atom. The number of ether oxygens (including phenoxy) is 4. The number of aliphatic hydroxyl groups is 1. The highest BCUT2D eigenvalue weighted by atomic mass is 31.2. The molecule has 0 amide bonds. The van der Waals surface area contributed by atoms with E-state index in [0.29, 0.717) is 25.7 Å². The number of esters is 4. The minimum Gasteiger partial charge on any atom is -0.462 e. The molecule has 3 N–H and O–H groups in total. The second kappa shape index (κ2) is 71.7. The normalized spacial score (nSPS) is 13.9. The Labute approximate surface area is 607 Å². The molecule has 0 heterocycles. The van der Waals surface area contributed by atoms with Crippen molar-refractivity contribution in [2.75, 3.05) is 39.6 Å². The maximum Gasteiger partial charge on any atom is 0.472 e. The van der Waals surface area contributed by atoms with E-state index in [1.165, 1.54) is 238 Å². The summed E-state index contributed by atoms with van der Waals surface area (Å²) in [6.07, 6.45) is 61.0. The zero-order valence-corrected chi connectivity index (χ0v) is 66.6. The highest BCUT2D eigenvalue weighted by Crippen LogP contribution is 2.45. The lowest BCUT2D eigenvalue weighted by atomic mass is 10.0. The molecule has 17 nitrogen and oxygen atoms in total. The van der Waals surface area contributed by atoms with Gasteiger partial charge in [0.25, 0.3) is 0 Å².